The fourth-order valence-corrected chi connectivity index (χ4v) is 4.60. The lowest BCUT2D eigenvalue weighted by Crippen LogP contribution is -2.28. The van der Waals surface area contributed by atoms with Gasteiger partial charge in [-0.15, -0.1) is 5.10 Å². The molecule has 10 nitrogen and oxygen atoms in total. The Kier molecular flexibility index (Phi) is 6.64. The van der Waals surface area contributed by atoms with E-state index in [1.54, 1.807) is 23.9 Å². The molecule has 0 bridgehead atoms. The molecule has 1 N–H and O–H groups in total. The lowest BCUT2D eigenvalue weighted by atomic mass is 10.1. The van der Waals surface area contributed by atoms with E-state index in [4.69, 9.17) is 14.2 Å². The predicted octanol–water partition coefficient (Wildman–Crippen LogP) is 3.64. The molecule has 6 rings (SSSR count). The summed E-state index contributed by atoms with van der Waals surface area (Å²) in [5.74, 6) is 2.40. The number of benzene rings is 3. The van der Waals surface area contributed by atoms with Crippen LogP contribution in [0.15, 0.2) is 71.5 Å². The van der Waals surface area contributed by atoms with Gasteiger partial charge in [0.25, 0.3) is 5.56 Å². The van der Waals surface area contributed by atoms with E-state index in [-0.39, 0.29) is 18.2 Å². The number of methoxy groups -OCH3 is 1. The third-order valence-corrected chi connectivity index (χ3v) is 6.58. The zero-order valence-electron chi connectivity index (χ0n) is 21.1. The Bertz CT molecular complexity index is 1680. The molecule has 5 aromatic rings. The van der Waals surface area contributed by atoms with Crippen LogP contribution >= 0.6 is 0 Å². The molecule has 0 aliphatic carbocycles. The molecule has 3 aromatic carbocycles. The van der Waals surface area contributed by atoms with Crippen molar-refractivity contribution in [3.8, 4) is 17.2 Å². The second-order valence-corrected chi connectivity index (χ2v) is 9.29. The van der Waals surface area contributed by atoms with Crippen molar-refractivity contribution in [2.75, 3.05) is 13.9 Å². The van der Waals surface area contributed by atoms with Crippen LogP contribution in [0, 0.1) is 5.82 Å². The molecule has 11 heteroatoms. The van der Waals surface area contributed by atoms with Gasteiger partial charge in [-0.05, 0) is 70.1 Å². The van der Waals surface area contributed by atoms with Crippen molar-refractivity contribution < 1.29 is 18.6 Å². The third kappa shape index (κ3) is 5.43. The summed E-state index contributed by atoms with van der Waals surface area (Å²) in [4.78, 5) is 18.1. The Hall–Kier alpha value is -4.77. The Morgan fingerprint density at radius 2 is 1.79 bits per heavy atom. The SMILES string of the molecule is COc1ccc2[nH]c(=O)c(CN(Cc3ccc4c(c3)OCO4)Cc3nnnn3Cc3ccc(F)cc3)cc2c1. The number of H-pyrrole nitrogens is 1. The van der Waals surface area contributed by atoms with E-state index in [1.165, 1.54) is 12.1 Å². The first-order chi connectivity index (χ1) is 19.0. The predicted molar refractivity (Wildman–Crippen MR) is 140 cm³/mol. The van der Waals surface area contributed by atoms with Gasteiger partial charge in [0, 0.05) is 29.6 Å². The Morgan fingerprint density at radius 3 is 2.64 bits per heavy atom. The highest BCUT2D eigenvalue weighted by Crippen LogP contribution is 2.33. The first-order valence-corrected chi connectivity index (χ1v) is 12.3. The summed E-state index contributed by atoms with van der Waals surface area (Å²) in [6.45, 7) is 1.77. The lowest BCUT2D eigenvalue weighted by Gasteiger charge is -2.22. The van der Waals surface area contributed by atoms with Crippen LogP contribution in [0.5, 0.6) is 17.2 Å². The number of aromatic nitrogens is 5. The normalized spacial score (nSPS) is 12.4. The number of hydrogen-bond acceptors (Lipinski definition) is 8. The van der Waals surface area contributed by atoms with Gasteiger partial charge < -0.3 is 19.2 Å². The highest BCUT2D eigenvalue weighted by molar-refractivity contribution is 5.80. The quantitative estimate of drug-likeness (QED) is 0.309. The maximum Gasteiger partial charge on any atom is 0.252 e. The van der Waals surface area contributed by atoms with Crippen LogP contribution in [-0.4, -0.2) is 44.0 Å². The molecular formula is C28H25FN6O4. The number of ether oxygens (including phenoxy) is 3. The summed E-state index contributed by atoms with van der Waals surface area (Å²) >= 11 is 0. The van der Waals surface area contributed by atoms with E-state index in [9.17, 15) is 9.18 Å². The first-order valence-electron chi connectivity index (χ1n) is 12.3. The fraction of sp³-hybridized carbons (Fsp3) is 0.214. The first kappa shape index (κ1) is 24.6. The van der Waals surface area contributed by atoms with Gasteiger partial charge in [0.2, 0.25) is 6.79 Å². The minimum absolute atomic E-state index is 0.172. The molecule has 0 spiro atoms. The molecule has 0 amide bonds. The van der Waals surface area contributed by atoms with Crippen LogP contribution < -0.4 is 19.8 Å². The maximum atomic E-state index is 13.4. The maximum absolute atomic E-state index is 13.4. The van der Waals surface area contributed by atoms with Crippen LogP contribution in [-0.2, 0) is 26.2 Å². The molecule has 198 valence electrons. The molecule has 0 saturated heterocycles. The van der Waals surface area contributed by atoms with Crippen molar-refractivity contribution in [1.29, 1.82) is 0 Å². The highest BCUT2D eigenvalue weighted by Gasteiger charge is 2.19. The smallest absolute Gasteiger partial charge is 0.252 e. The van der Waals surface area contributed by atoms with Crippen molar-refractivity contribution in [2.45, 2.75) is 26.2 Å². The molecule has 1 aliphatic rings. The zero-order valence-corrected chi connectivity index (χ0v) is 21.1. The molecule has 0 saturated carbocycles. The lowest BCUT2D eigenvalue weighted by molar-refractivity contribution is 0.174. The fourth-order valence-electron chi connectivity index (χ4n) is 4.60. The summed E-state index contributed by atoms with van der Waals surface area (Å²) in [6, 6.07) is 19.4. The van der Waals surface area contributed by atoms with E-state index in [0.29, 0.717) is 54.8 Å². The van der Waals surface area contributed by atoms with Gasteiger partial charge in [-0.2, -0.15) is 0 Å². The van der Waals surface area contributed by atoms with Crippen LogP contribution in [0.3, 0.4) is 0 Å². The highest BCUT2D eigenvalue weighted by atomic mass is 19.1. The average molecular weight is 529 g/mol. The van der Waals surface area contributed by atoms with Gasteiger partial charge in [-0.3, -0.25) is 9.69 Å². The average Bonchev–Trinajstić information content (AvgIpc) is 3.59. The van der Waals surface area contributed by atoms with Crippen LogP contribution in [0.1, 0.15) is 22.5 Å². The summed E-state index contributed by atoms with van der Waals surface area (Å²) in [6.07, 6.45) is 0. The number of nitrogens with one attached hydrogen (secondary N) is 1. The van der Waals surface area contributed by atoms with Crippen molar-refractivity contribution in [1.82, 2.24) is 30.1 Å². The molecule has 39 heavy (non-hydrogen) atoms. The number of rotatable bonds is 9. The summed E-state index contributed by atoms with van der Waals surface area (Å²) in [7, 11) is 1.61. The topological polar surface area (TPSA) is 107 Å². The summed E-state index contributed by atoms with van der Waals surface area (Å²) in [5, 5.41) is 13.1. The molecule has 0 fully saturated rings. The van der Waals surface area contributed by atoms with Crippen molar-refractivity contribution >= 4 is 10.9 Å². The molecule has 0 atom stereocenters. The van der Waals surface area contributed by atoms with E-state index in [2.05, 4.69) is 25.4 Å². The van der Waals surface area contributed by atoms with Crippen molar-refractivity contribution in [3.63, 3.8) is 0 Å². The van der Waals surface area contributed by atoms with E-state index < -0.39 is 0 Å². The number of aromatic amines is 1. The number of nitrogens with zero attached hydrogens (tertiary/aromatic N) is 5. The number of hydrogen-bond donors (Lipinski definition) is 1. The monoisotopic (exact) mass is 528 g/mol. The molecule has 0 radical (unpaired) electrons. The molecule has 2 aromatic heterocycles. The van der Waals surface area contributed by atoms with Gasteiger partial charge in [-0.1, -0.05) is 18.2 Å². The van der Waals surface area contributed by atoms with Crippen molar-refractivity contribution in [2.24, 2.45) is 0 Å². The standard InChI is InChI=1S/C28H25FN6O4/c1-37-23-7-8-24-20(12-23)11-21(28(36)30-24)15-34(13-19-4-9-25-26(10-19)39-17-38-25)16-27-31-32-33-35(27)14-18-2-5-22(29)6-3-18/h2-12H,13-17H2,1H3,(H,30,36). The van der Waals surface area contributed by atoms with Crippen LogP contribution in [0.25, 0.3) is 10.9 Å². The second kappa shape index (κ2) is 10.5. The number of halogens is 1. The minimum Gasteiger partial charge on any atom is -0.497 e. The van der Waals surface area contributed by atoms with E-state index >= 15 is 0 Å². The van der Waals surface area contributed by atoms with Gasteiger partial charge >= 0.3 is 0 Å². The van der Waals surface area contributed by atoms with Crippen molar-refractivity contribution in [3.05, 3.63) is 105 Å². The largest absolute Gasteiger partial charge is 0.497 e. The van der Waals surface area contributed by atoms with Gasteiger partial charge in [0.1, 0.15) is 11.6 Å². The Morgan fingerprint density at radius 1 is 0.974 bits per heavy atom. The van der Waals surface area contributed by atoms with Gasteiger partial charge in [0.15, 0.2) is 17.3 Å². The minimum atomic E-state index is -0.302. The van der Waals surface area contributed by atoms with Gasteiger partial charge in [0.05, 0.1) is 20.2 Å². The molecule has 3 heterocycles. The van der Waals surface area contributed by atoms with Crippen LogP contribution in [0.2, 0.25) is 0 Å². The van der Waals surface area contributed by atoms with Crippen LogP contribution in [0.4, 0.5) is 4.39 Å². The molecule has 1 aliphatic heterocycles. The Balaban J connectivity index is 1.31. The molecule has 0 unspecified atom stereocenters. The summed E-state index contributed by atoms with van der Waals surface area (Å²) < 4.78 is 31.4. The van der Waals surface area contributed by atoms with E-state index in [0.717, 1.165) is 22.0 Å². The zero-order chi connectivity index (χ0) is 26.8. The van der Waals surface area contributed by atoms with E-state index in [1.807, 2.05) is 42.5 Å². The molecular weight excluding hydrogens is 503 g/mol. The number of fused-ring (bicyclic) bond motifs is 2. The Labute approximate surface area is 222 Å². The summed E-state index contributed by atoms with van der Waals surface area (Å²) in [5.41, 5.74) is 3.00. The number of tetrazole rings is 1. The number of pyridine rings is 1. The third-order valence-electron chi connectivity index (χ3n) is 6.58. The van der Waals surface area contributed by atoms with Gasteiger partial charge in [-0.25, -0.2) is 9.07 Å². The second-order valence-electron chi connectivity index (χ2n) is 9.29.